The van der Waals surface area contributed by atoms with Gasteiger partial charge in [-0.1, -0.05) is 25.1 Å². The fourth-order valence-electron chi connectivity index (χ4n) is 2.72. The molecule has 0 spiro atoms. The molecule has 2 aromatic heterocycles. The van der Waals surface area contributed by atoms with Gasteiger partial charge in [0.1, 0.15) is 17.1 Å². The number of hydrogen-bond donors (Lipinski definition) is 1. The van der Waals surface area contributed by atoms with E-state index in [1.54, 1.807) is 6.26 Å². The van der Waals surface area contributed by atoms with E-state index in [4.69, 9.17) is 8.83 Å². The summed E-state index contributed by atoms with van der Waals surface area (Å²) in [4.78, 5) is 0. The van der Waals surface area contributed by atoms with Crippen molar-refractivity contribution in [2.45, 2.75) is 26.3 Å². The van der Waals surface area contributed by atoms with E-state index in [-0.39, 0.29) is 6.04 Å². The average molecular weight is 269 g/mol. The Morgan fingerprint density at radius 1 is 1.25 bits per heavy atom. The standard InChI is InChI=1S/C17H19NO2/c1-4-14-13(8-9-19-14)16(18-3)15-10-12-7-5-6-11(2)17(12)20-15/h5-10,16,18H,4H2,1-3H3. The molecule has 3 rings (SSSR count). The van der Waals surface area contributed by atoms with Gasteiger partial charge in [0.05, 0.1) is 12.3 Å². The van der Waals surface area contributed by atoms with Gasteiger partial charge in [0.25, 0.3) is 0 Å². The van der Waals surface area contributed by atoms with E-state index in [0.717, 1.165) is 40.0 Å². The highest BCUT2D eigenvalue weighted by atomic mass is 16.3. The van der Waals surface area contributed by atoms with Crippen LogP contribution in [0.2, 0.25) is 0 Å². The third-order valence-corrected chi connectivity index (χ3v) is 3.75. The fourth-order valence-corrected chi connectivity index (χ4v) is 2.72. The van der Waals surface area contributed by atoms with Crippen LogP contribution in [0.4, 0.5) is 0 Å². The zero-order valence-corrected chi connectivity index (χ0v) is 12.1. The van der Waals surface area contributed by atoms with Crippen molar-refractivity contribution in [3.63, 3.8) is 0 Å². The summed E-state index contributed by atoms with van der Waals surface area (Å²) in [6.45, 7) is 4.16. The van der Waals surface area contributed by atoms with Gasteiger partial charge >= 0.3 is 0 Å². The van der Waals surface area contributed by atoms with E-state index in [1.165, 1.54) is 0 Å². The Morgan fingerprint density at radius 3 is 2.80 bits per heavy atom. The van der Waals surface area contributed by atoms with Crippen LogP contribution in [-0.4, -0.2) is 7.05 Å². The average Bonchev–Trinajstić information content (AvgIpc) is 3.07. The van der Waals surface area contributed by atoms with Gasteiger partial charge in [0.2, 0.25) is 0 Å². The summed E-state index contributed by atoms with van der Waals surface area (Å²) in [7, 11) is 1.94. The number of para-hydroxylation sites is 1. The molecule has 104 valence electrons. The first-order chi connectivity index (χ1) is 9.74. The summed E-state index contributed by atoms with van der Waals surface area (Å²) in [5, 5.41) is 4.46. The number of rotatable bonds is 4. The Bertz CT molecular complexity index is 724. The van der Waals surface area contributed by atoms with Crippen LogP contribution in [0.15, 0.2) is 45.4 Å². The van der Waals surface area contributed by atoms with Gasteiger partial charge in [0, 0.05) is 17.4 Å². The molecular formula is C17H19NO2. The summed E-state index contributed by atoms with van der Waals surface area (Å²) in [5.41, 5.74) is 3.27. The maximum Gasteiger partial charge on any atom is 0.137 e. The number of hydrogen-bond acceptors (Lipinski definition) is 3. The van der Waals surface area contributed by atoms with Crippen LogP contribution in [-0.2, 0) is 6.42 Å². The second kappa shape index (κ2) is 5.17. The lowest BCUT2D eigenvalue weighted by molar-refractivity contribution is 0.470. The molecule has 0 aliphatic rings. The zero-order chi connectivity index (χ0) is 14.1. The Hall–Kier alpha value is -2.00. The first-order valence-corrected chi connectivity index (χ1v) is 6.97. The highest BCUT2D eigenvalue weighted by Crippen LogP contribution is 2.31. The van der Waals surface area contributed by atoms with E-state index in [1.807, 2.05) is 13.1 Å². The quantitative estimate of drug-likeness (QED) is 0.771. The molecule has 1 aromatic carbocycles. The van der Waals surface area contributed by atoms with Crippen molar-refractivity contribution in [2.75, 3.05) is 7.05 Å². The minimum atomic E-state index is 0.0236. The lowest BCUT2D eigenvalue weighted by atomic mass is 10.0. The van der Waals surface area contributed by atoms with Crippen molar-refractivity contribution in [3.05, 3.63) is 59.2 Å². The van der Waals surface area contributed by atoms with E-state index >= 15 is 0 Å². The Labute approximate surface area is 118 Å². The highest BCUT2D eigenvalue weighted by Gasteiger charge is 2.21. The normalized spacial score (nSPS) is 12.9. The van der Waals surface area contributed by atoms with Crippen LogP contribution in [0.25, 0.3) is 11.0 Å². The zero-order valence-electron chi connectivity index (χ0n) is 12.1. The molecule has 3 nitrogen and oxygen atoms in total. The van der Waals surface area contributed by atoms with Crippen LogP contribution in [0.5, 0.6) is 0 Å². The number of benzene rings is 1. The van der Waals surface area contributed by atoms with E-state index in [0.29, 0.717) is 0 Å². The van der Waals surface area contributed by atoms with Gasteiger partial charge in [-0.2, -0.15) is 0 Å². The molecule has 0 bridgehead atoms. The lowest BCUT2D eigenvalue weighted by Gasteiger charge is -2.13. The number of furan rings is 2. The van der Waals surface area contributed by atoms with Gasteiger partial charge in [-0.05, 0) is 31.7 Å². The predicted molar refractivity (Wildman–Crippen MR) is 79.9 cm³/mol. The predicted octanol–water partition coefficient (Wildman–Crippen LogP) is 4.21. The summed E-state index contributed by atoms with van der Waals surface area (Å²) < 4.78 is 11.6. The highest BCUT2D eigenvalue weighted by molar-refractivity contribution is 5.81. The van der Waals surface area contributed by atoms with E-state index in [9.17, 15) is 0 Å². The molecule has 2 heterocycles. The molecule has 0 saturated heterocycles. The lowest BCUT2D eigenvalue weighted by Crippen LogP contribution is -2.17. The Kier molecular flexibility index (Phi) is 3.36. The number of aryl methyl sites for hydroxylation is 2. The first-order valence-electron chi connectivity index (χ1n) is 6.97. The van der Waals surface area contributed by atoms with Crippen LogP contribution in [0, 0.1) is 6.92 Å². The van der Waals surface area contributed by atoms with Gasteiger partial charge in [0.15, 0.2) is 0 Å². The van der Waals surface area contributed by atoms with Crippen LogP contribution in [0.3, 0.4) is 0 Å². The van der Waals surface area contributed by atoms with Crippen molar-refractivity contribution >= 4 is 11.0 Å². The Morgan fingerprint density at radius 2 is 2.10 bits per heavy atom. The monoisotopic (exact) mass is 269 g/mol. The topological polar surface area (TPSA) is 38.3 Å². The molecule has 0 fully saturated rings. The first kappa shape index (κ1) is 13.0. The van der Waals surface area contributed by atoms with Gasteiger partial charge in [-0.25, -0.2) is 0 Å². The van der Waals surface area contributed by atoms with Crippen molar-refractivity contribution in [1.29, 1.82) is 0 Å². The molecule has 0 aliphatic carbocycles. The molecule has 0 saturated carbocycles. The second-order valence-corrected chi connectivity index (χ2v) is 5.02. The van der Waals surface area contributed by atoms with Crippen molar-refractivity contribution in [2.24, 2.45) is 0 Å². The van der Waals surface area contributed by atoms with Gasteiger partial charge in [-0.15, -0.1) is 0 Å². The molecule has 1 unspecified atom stereocenters. The Balaban J connectivity index is 2.10. The molecule has 20 heavy (non-hydrogen) atoms. The van der Waals surface area contributed by atoms with Crippen LogP contribution >= 0.6 is 0 Å². The maximum absolute atomic E-state index is 6.07. The van der Waals surface area contributed by atoms with Crippen LogP contribution < -0.4 is 5.32 Å². The van der Waals surface area contributed by atoms with Crippen LogP contribution in [0.1, 0.15) is 35.6 Å². The molecule has 0 aliphatic heterocycles. The summed E-state index contributed by atoms with van der Waals surface area (Å²) in [5.74, 6) is 1.93. The largest absolute Gasteiger partial charge is 0.469 e. The maximum atomic E-state index is 6.07. The van der Waals surface area contributed by atoms with Crippen molar-refractivity contribution in [3.8, 4) is 0 Å². The third-order valence-electron chi connectivity index (χ3n) is 3.75. The minimum absolute atomic E-state index is 0.0236. The molecule has 1 N–H and O–H groups in total. The second-order valence-electron chi connectivity index (χ2n) is 5.02. The molecule has 3 aromatic rings. The van der Waals surface area contributed by atoms with Crippen molar-refractivity contribution in [1.82, 2.24) is 5.32 Å². The van der Waals surface area contributed by atoms with Crippen molar-refractivity contribution < 1.29 is 8.83 Å². The molecule has 0 radical (unpaired) electrons. The summed E-state index contributed by atoms with van der Waals surface area (Å²) in [6, 6.07) is 10.4. The molecule has 1 atom stereocenters. The SMILES string of the molecule is CCc1occc1C(NC)c1cc2cccc(C)c2o1. The smallest absolute Gasteiger partial charge is 0.137 e. The molecular weight excluding hydrogens is 250 g/mol. The van der Waals surface area contributed by atoms with E-state index < -0.39 is 0 Å². The third kappa shape index (κ3) is 2.04. The number of nitrogens with one attached hydrogen (secondary N) is 1. The van der Waals surface area contributed by atoms with E-state index in [2.05, 4.69) is 43.4 Å². The summed E-state index contributed by atoms with van der Waals surface area (Å²) in [6.07, 6.45) is 2.62. The van der Waals surface area contributed by atoms with Gasteiger partial charge in [-0.3, -0.25) is 0 Å². The molecule has 0 amide bonds. The summed E-state index contributed by atoms with van der Waals surface area (Å²) >= 11 is 0. The molecule has 3 heteroatoms. The van der Waals surface area contributed by atoms with Gasteiger partial charge < -0.3 is 14.2 Å². The minimum Gasteiger partial charge on any atom is -0.469 e. The fraction of sp³-hybridized carbons (Fsp3) is 0.294. The number of fused-ring (bicyclic) bond motifs is 1.